The minimum atomic E-state index is -0.423. The summed E-state index contributed by atoms with van der Waals surface area (Å²) in [5, 5.41) is 11.4. The van der Waals surface area contributed by atoms with Gasteiger partial charge in [-0.2, -0.15) is 0 Å². The van der Waals surface area contributed by atoms with Crippen LogP contribution in [0.15, 0.2) is 18.2 Å². The average molecular weight is 288 g/mol. The number of rotatable bonds is 4. The number of nitrogens with zero attached hydrogens (tertiary/aromatic N) is 1. The quantitative estimate of drug-likeness (QED) is 0.485. The number of nitro groups is 1. The van der Waals surface area contributed by atoms with Gasteiger partial charge in [0.1, 0.15) is 5.75 Å². The molecule has 0 N–H and O–H groups in total. The highest BCUT2D eigenvalue weighted by Gasteiger charge is 2.24. The van der Waals surface area contributed by atoms with E-state index in [1.165, 1.54) is 19.2 Å². The molecule has 1 rings (SSSR count). The number of halogens is 1. The van der Waals surface area contributed by atoms with Gasteiger partial charge in [-0.3, -0.25) is 10.1 Å². The molecule has 0 radical (unpaired) electrons. The van der Waals surface area contributed by atoms with Crippen molar-refractivity contribution < 1.29 is 9.66 Å². The second kappa shape index (κ2) is 4.82. The van der Waals surface area contributed by atoms with Crippen LogP contribution in [-0.2, 0) is 5.41 Å². The molecule has 0 saturated heterocycles. The van der Waals surface area contributed by atoms with Gasteiger partial charge in [0.25, 0.3) is 5.69 Å². The van der Waals surface area contributed by atoms with Gasteiger partial charge in [-0.05, 0) is 6.07 Å². The summed E-state index contributed by atoms with van der Waals surface area (Å²) in [7, 11) is 1.52. The molecule has 0 saturated carbocycles. The van der Waals surface area contributed by atoms with E-state index in [0.717, 1.165) is 10.9 Å². The van der Waals surface area contributed by atoms with Crippen molar-refractivity contribution in [1.29, 1.82) is 0 Å². The van der Waals surface area contributed by atoms with Crippen LogP contribution in [0.5, 0.6) is 5.75 Å². The highest BCUT2D eigenvalue weighted by Crippen LogP contribution is 2.35. The Kier molecular flexibility index (Phi) is 3.91. The zero-order valence-corrected chi connectivity index (χ0v) is 11.1. The van der Waals surface area contributed by atoms with Gasteiger partial charge in [0.05, 0.1) is 18.1 Å². The number of benzene rings is 1. The Morgan fingerprint density at radius 3 is 2.56 bits per heavy atom. The minimum Gasteiger partial charge on any atom is -0.496 e. The van der Waals surface area contributed by atoms with E-state index in [1.54, 1.807) is 6.07 Å². The van der Waals surface area contributed by atoms with E-state index in [0.29, 0.717) is 5.75 Å². The third-order valence-electron chi connectivity index (χ3n) is 2.46. The monoisotopic (exact) mass is 287 g/mol. The zero-order valence-electron chi connectivity index (χ0n) is 9.49. The Hall–Kier alpha value is -1.10. The molecule has 0 fully saturated rings. The van der Waals surface area contributed by atoms with Crippen LogP contribution in [0, 0.1) is 10.1 Å². The highest BCUT2D eigenvalue weighted by atomic mass is 79.9. The summed E-state index contributed by atoms with van der Waals surface area (Å²) in [5.74, 6) is 0.554. The van der Waals surface area contributed by atoms with Crippen molar-refractivity contribution in [3.8, 4) is 5.75 Å². The number of alkyl halides is 1. The third kappa shape index (κ3) is 2.52. The van der Waals surface area contributed by atoms with Gasteiger partial charge in [0, 0.05) is 22.4 Å². The van der Waals surface area contributed by atoms with E-state index in [1.807, 2.05) is 13.8 Å². The van der Waals surface area contributed by atoms with Crippen LogP contribution in [0.4, 0.5) is 5.69 Å². The molecule has 1 aromatic rings. The summed E-state index contributed by atoms with van der Waals surface area (Å²) in [6.45, 7) is 4.09. The Labute approximate surface area is 103 Å². The van der Waals surface area contributed by atoms with Gasteiger partial charge in [0.2, 0.25) is 0 Å². The third-order valence-corrected chi connectivity index (χ3v) is 3.86. The molecule has 0 aromatic heterocycles. The van der Waals surface area contributed by atoms with Gasteiger partial charge in [0.15, 0.2) is 0 Å². The number of ether oxygens (including phenoxy) is 1. The van der Waals surface area contributed by atoms with Crippen LogP contribution in [0.25, 0.3) is 0 Å². The first kappa shape index (κ1) is 13.0. The van der Waals surface area contributed by atoms with Crippen molar-refractivity contribution in [2.75, 3.05) is 12.4 Å². The molecule has 0 spiro atoms. The lowest BCUT2D eigenvalue weighted by Gasteiger charge is -2.24. The minimum absolute atomic E-state index is 0.0472. The summed E-state index contributed by atoms with van der Waals surface area (Å²) in [5.41, 5.74) is 0.879. The molecule has 4 nitrogen and oxygen atoms in total. The van der Waals surface area contributed by atoms with Crippen LogP contribution < -0.4 is 4.74 Å². The molecule has 1 aromatic carbocycles. The SMILES string of the molecule is COc1cc([N+](=O)[O-])ccc1C(C)(C)CBr. The molecule has 0 aliphatic rings. The molecule has 5 heteroatoms. The summed E-state index contributed by atoms with van der Waals surface area (Å²) in [6, 6.07) is 4.71. The van der Waals surface area contributed by atoms with Gasteiger partial charge in [-0.25, -0.2) is 0 Å². The molecule has 0 bridgehead atoms. The number of nitro benzene ring substituents is 1. The zero-order chi connectivity index (χ0) is 12.3. The van der Waals surface area contributed by atoms with Crippen molar-refractivity contribution in [3.63, 3.8) is 0 Å². The summed E-state index contributed by atoms with van der Waals surface area (Å²) in [4.78, 5) is 10.2. The lowest BCUT2D eigenvalue weighted by atomic mass is 9.86. The Morgan fingerprint density at radius 2 is 2.12 bits per heavy atom. The van der Waals surface area contributed by atoms with Gasteiger partial charge in [-0.15, -0.1) is 0 Å². The van der Waals surface area contributed by atoms with E-state index in [4.69, 9.17) is 4.74 Å². The van der Waals surface area contributed by atoms with Gasteiger partial charge >= 0.3 is 0 Å². The van der Waals surface area contributed by atoms with E-state index < -0.39 is 4.92 Å². The maximum absolute atomic E-state index is 10.6. The first-order valence-corrected chi connectivity index (χ1v) is 5.93. The molecule has 16 heavy (non-hydrogen) atoms. The predicted molar refractivity (Wildman–Crippen MR) is 66.5 cm³/mol. The maximum Gasteiger partial charge on any atom is 0.273 e. The first-order chi connectivity index (χ1) is 7.42. The Bertz CT molecular complexity index is 404. The number of methoxy groups -OCH3 is 1. The second-order valence-electron chi connectivity index (χ2n) is 4.16. The Morgan fingerprint density at radius 1 is 1.50 bits per heavy atom. The molecule has 88 valence electrons. The molecule has 0 amide bonds. The largest absolute Gasteiger partial charge is 0.496 e. The summed E-state index contributed by atoms with van der Waals surface area (Å²) in [6.07, 6.45) is 0. The molecular weight excluding hydrogens is 274 g/mol. The molecule has 0 atom stereocenters. The fourth-order valence-electron chi connectivity index (χ4n) is 1.42. The van der Waals surface area contributed by atoms with Crippen LogP contribution >= 0.6 is 15.9 Å². The van der Waals surface area contributed by atoms with Crippen LogP contribution in [-0.4, -0.2) is 17.4 Å². The molecule has 0 aliphatic heterocycles. The van der Waals surface area contributed by atoms with Crippen LogP contribution in [0.1, 0.15) is 19.4 Å². The normalized spacial score (nSPS) is 11.2. The first-order valence-electron chi connectivity index (χ1n) is 4.81. The lowest BCUT2D eigenvalue weighted by molar-refractivity contribution is -0.384. The maximum atomic E-state index is 10.6. The summed E-state index contributed by atoms with van der Waals surface area (Å²) >= 11 is 3.43. The van der Waals surface area contributed by atoms with E-state index in [-0.39, 0.29) is 11.1 Å². The van der Waals surface area contributed by atoms with E-state index in [9.17, 15) is 10.1 Å². The highest BCUT2D eigenvalue weighted by molar-refractivity contribution is 9.09. The van der Waals surface area contributed by atoms with Crippen molar-refractivity contribution >= 4 is 21.6 Å². The van der Waals surface area contributed by atoms with Crippen molar-refractivity contribution in [2.24, 2.45) is 0 Å². The van der Waals surface area contributed by atoms with Crippen LogP contribution in [0.2, 0.25) is 0 Å². The molecule has 0 unspecified atom stereocenters. The topological polar surface area (TPSA) is 52.4 Å². The smallest absolute Gasteiger partial charge is 0.273 e. The van der Waals surface area contributed by atoms with E-state index in [2.05, 4.69) is 15.9 Å². The van der Waals surface area contributed by atoms with Crippen molar-refractivity contribution in [2.45, 2.75) is 19.3 Å². The molecule has 0 aliphatic carbocycles. The number of hydrogen-bond acceptors (Lipinski definition) is 3. The fourth-order valence-corrected chi connectivity index (χ4v) is 1.73. The molecule has 0 heterocycles. The lowest BCUT2D eigenvalue weighted by Crippen LogP contribution is -2.19. The van der Waals surface area contributed by atoms with Gasteiger partial charge < -0.3 is 4.74 Å². The fraction of sp³-hybridized carbons (Fsp3) is 0.455. The predicted octanol–water partition coefficient (Wildman–Crippen LogP) is 3.28. The van der Waals surface area contributed by atoms with Crippen LogP contribution in [0.3, 0.4) is 0 Å². The van der Waals surface area contributed by atoms with Crippen molar-refractivity contribution in [1.82, 2.24) is 0 Å². The molecular formula is C11H14BrNO3. The second-order valence-corrected chi connectivity index (χ2v) is 4.72. The van der Waals surface area contributed by atoms with Gasteiger partial charge in [-0.1, -0.05) is 29.8 Å². The number of non-ortho nitro benzene ring substituents is 1. The standard InChI is InChI=1S/C11H14BrNO3/c1-11(2,7-12)9-5-4-8(13(14)15)6-10(9)16-3/h4-6H,7H2,1-3H3. The number of hydrogen-bond donors (Lipinski definition) is 0. The van der Waals surface area contributed by atoms with E-state index >= 15 is 0 Å². The summed E-state index contributed by atoms with van der Waals surface area (Å²) < 4.78 is 5.20. The Balaban J connectivity index is 3.27. The van der Waals surface area contributed by atoms with Crippen molar-refractivity contribution in [3.05, 3.63) is 33.9 Å². The average Bonchev–Trinajstić information content (AvgIpc) is 2.28.